The van der Waals surface area contributed by atoms with Gasteiger partial charge in [-0.3, -0.25) is 4.79 Å². The highest BCUT2D eigenvalue weighted by Crippen LogP contribution is 2.29. The van der Waals surface area contributed by atoms with Crippen LogP contribution >= 0.6 is 0 Å². The zero-order valence-corrected chi connectivity index (χ0v) is 12.5. The third-order valence-electron chi connectivity index (χ3n) is 3.19. The van der Waals surface area contributed by atoms with Gasteiger partial charge in [-0.25, -0.2) is 4.79 Å². The number of esters is 1. The second kappa shape index (κ2) is 7.24. The highest BCUT2D eigenvalue weighted by atomic mass is 16.5. The lowest BCUT2D eigenvalue weighted by Gasteiger charge is -2.36. The molecule has 1 amide bonds. The lowest BCUT2D eigenvalue weighted by Crippen LogP contribution is -2.50. The molecule has 5 heteroatoms. The molecular weight excluding hydrogens is 258 g/mol. The largest absolute Gasteiger partial charge is 0.466 e. The van der Waals surface area contributed by atoms with Gasteiger partial charge in [-0.1, -0.05) is 6.08 Å². The van der Waals surface area contributed by atoms with Crippen molar-refractivity contribution in [3.05, 3.63) is 24.3 Å². The van der Waals surface area contributed by atoms with Gasteiger partial charge < -0.3 is 14.8 Å². The Labute approximate surface area is 120 Å². The summed E-state index contributed by atoms with van der Waals surface area (Å²) in [4.78, 5) is 23.1. The fourth-order valence-corrected chi connectivity index (χ4v) is 2.37. The number of hydrogen-bond acceptors (Lipinski definition) is 4. The summed E-state index contributed by atoms with van der Waals surface area (Å²) in [6.07, 6.45) is 3.58. The van der Waals surface area contributed by atoms with Crippen LogP contribution in [-0.4, -0.2) is 37.2 Å². The van der Waals surface area contributed by atoms with Gasteiger partial charge >= 0.3 is 5.97 Å². The van der Waals surface area contributed by atoms with Crippen LogP contribution in [0.4, 0.5) is 0 Å². The third-order valence-corrected chi connectivity index (χ3v) is 3.19. The van der Waals surface area contributed by atoms with E-state index in [1.54, 1.807) is 12.2 Å². The highest BCUT2D eigenvalue weighted by molar-refractivity contribution is 5.89. The molecule has 0 spiro atoms. The number of rotatable bonds is 5. The van der Waals surface area contributed by atoms with E-state index < -0.39 is 0 Å². The molecule has 0 bridgehead atoms. The molecule has 0 unspecified atom stereocenters. The van der Waals surface area contributed by atoms with Crippen LogP contribution in [0.1, 0.15) is 27.2 Å². The summed E-state index contributed by atoms with van der Waals surface area (Å²) in [5, 5.41) is 2.88. The van der Waals surface area contributed by atoms with Crippen molar-refractivity contribution in [3.63, 3.8) is 0 Å². The van der Waals surface area contributed by atoms with E-state index in [1.165, 1.54) is 14.0 Å². The Morgan fingerprint density at radius 3 is 2.60 bits per heavy atom. The van der Waals surface area contributed by atoms with Crippen LogP contribution in [-0.2, 0) is 19.1 Å². The maximum atomic E-state index is 11.7. The lowest BCUT2D eigenvalue weighted by atomic mass is 9.82. The summed E-state index contributed by atoms with van der Waals surface area (Å²) >= 11 is 0. The predicted octanol–water partition coefficient (Wildman–Crippen LogP) is 1.59. The number of carbonyl (C=O) groups is 2. The summed E-state index contributed by atoms with van der Waals surface area (Å²) in [6, 6.07) is -0.221. The van der Waals surface area contributed by atoms with Crippen LogP contribution < -0.4 is 5.32 Å². The minimum Gasteiger partial charge on any atom is -0.466 e. The van der Waals surface area contributed by atoms with Crippen molar-refractivity contribution in [2.75, 3.05) is 7.11 Å². The Kier molecular flexibility index (Phi) is 5.95. The molecular formula is C15H23NO4. The smallest absolute Gasteiger partial charge is 0.333 e. The van der Waals surface area contributed by atoms with Crippen molar-refractivity contribution in [2.45, 2.75) is 45.4 Å². The van der Waals surface area contributed by atoms with Crippen molar-refractivity contribution in [1.82, 2.24) is 5.32 Å². The molecule has 0 aromatic carbocycles. The number of methoxy groups -OCH3 is 1. The minimum absolute atomic E-state index is 0.0185. The fraction of sp³-hybridized carbons (Fsp3) is 0.600. The van der Waals surface area contributed by atoms with Crippen LogP contribution in [0, 0.1) is 5.92 Å². The molecule has 1 aliphatic rings. The van der Waals surface area contributed by atoms with Gasteiger partial charge in [0, 0.05) is 18.4 Å². The number of carbonyl (C=O) groups excluding carboxylic acids is 2. The maximum Gasteiger partial charge on any atom is 0.333 e. The Morgan fingerprint density at radius 1 is 1.50 bits per heavy atom. The summed E-state index contributed by atoms with van der Waals surface area (Å²) in [6.45, 7) is 9.07. The van der Waals surface area contributed by atoms with Gasteiger partial charge in [0.15, 0.2) is 0 Å². The van der Waals surface area contributed by atoms with Crippen molar-refractivity contribution in [1.29, 1.82) is 0 Å². The number of nitrogens with one attached hydrogen (secondary N) is 1. The zero-order chi connectivity index (χ0) is 15.3. The zero-order valence-electron chi connectivity index (χ0n) is 12.5. The molecule has 112 valence electrons. The van der Waals surface area contributed by atoms with Gasteiger partial charge in [0.05, 0.1) is 25.4 Å². The molecule has 3 atom stereocenters. The first-order chi connectivity index (χ1) is 9.38. The van der Waals surface area contributed by atoms with E-state index >= 15 is 0 Å². The second-order valence-electron chi connectivity index (χ2n) is 5.16. The average molecular weight is 281 g/mol. The third kappa shape index (κ3) is 4.20. The normalized spacial score (nSPS) is 25.9. The van der Waals surface area contributed by atoms with Crippen LogP contribution in [0.3, 0.4) is 0 Å². The first kappa shape index (κ1) is 16.4. The molecule has 0 aromatic rings. The number of amides is 1. The highest BCUT2D eigenvalue weighted by Gasteiger charge is 2.35. The molecule has 0 heterocycles. The van der Waals surface area contributed by atoms with Crippen molar-refractivity contribution >= 4 is 11.9 Å². The van der Waals surface area contributed by atoms with Gasteiger partial charge in [-0.05, 0) is 26.3 Å². The quantitative estimate of drug-likeness (QED) is 0.614. The van der Waals surface area contributed by atoms with E-state index in [-0.39, 0.29) is 36.0 Å². The predicted molar refractivity (Wildman–Crippen MR) is 76.0 cm³/mol. The van der Waals surface area contributed by atoms with Gasteiger partial charge in [-0.2, -0.15) is 0 Å². The molecule has 0 aromatic heterocycles. The summed E-state index contributed by atoms with van der Waals surface area (Å²) in [5.41, 5.74) is 0.560. The van der Waals surface area contributed by atoms with Crippen molar-refractivity contribution in [3.8, 4) is 0 Å². The Bertz CT molecular complexity index is 414. The van der Waals surface area contributed by atoms with Crippen molar-refractivity contribution < 1.29 is 19.1 Å². The molecule has 0 saturated heterocycles. The molecule has 0 saturated carbocycles. The summed E-state index contributed by atoms with van der Waals surface area (Å²) < 4.78 is 10.6. The molecule has 0 fully saturated rings. The van der Waals surface area contributed by atoms with Crippen molar-refractivity contribution in [2.24, 2.45) is 5.92 Å². The van der Waals surface area contributed by atoms with E-state index in [0.717, 1.165) is 0 Å². The molecule has 20 heavy (non-hydrogen) atoms. The van der Waals surface area contributed by atoms with Gasteiger partial charge in [-0.15, -0.1) is 6.58 Å². The molecule has 0 radical (unpaired) electrons. The minimum atomic E-state index is -0.371. The molecule has 0 aliphatic heterocycles. The SMILES string of the molecule is C=C[C@H]1CC(C(=O)OC)=C[C@@H](OC(C)C)[C@@H]1NC(C)=O. The maximum absolute atomic E-state index is 11.7. The second-order valence-corrected chi connectivity index (χ2v) is 5.16. The van der Waals surface area contributed by atoms with E-state index in [4.69, 9.17) is 9.47 Å². The fourth-order valence-electron chi connectivity index (χ4n) is 2.37. The lowest BCUT2D eigenvalue weighted by molar-refractivity contribution is -0.136. The Hall–Kier alpha value is -1.62. The molecule has 1 N–H and O–H groups in total. The van der Waals surface area contributed by atoms with Gasteiger partial charge in [0.2, 0.25) is 5.91 Å². The van der Waals surface area contributed by atoms with Crippen LogP contribution in [0.5, 0.6) is 0 Å². The van der Waals surface area contributed by atoms with Crippen LogP contribution in [0.2, 0.25) is 0 Å². The number of hydrogen-bond donors (Lipinski definition) is 1. The first-order valence-corrected chi connectivity index (χ1v) is 6.73. The molecule has 1 aliphatic carbocycles. The van der Waals surface area contributed by atoms with E-state index in [9.17, 15) is 9.59 Å². The van der Waals surface area contributed by atoms with Gasteiger partial charge in [0.25, 0.3) is 0 Å². The Balaban J connectivity index is 3.06. The molecule has 5 nitrogen and oxygen atoms in total. The van der Waals surface area contributed by atoms with E-state index in [2.05, 4.69) is 11.9 Å². The molecule has 1 rings (SSSR count). The summed E-state index contributed by atoms with van der Waals surface area (Å²) in [5.74, 6) is -0.564. The monoisotopic (exact) mass is 281 g/mol. The van der Waals surface area contributed by atoms with Crippen LogP contribution in [0.25, 0.3) is 0 Å². The number of ether oxygens (including phenoxy) is 2. The van der Waals surface area contributed by atoms with Crippen LogP contribution in [0.15, 0.2) is 24.3 Å². The van der Waals surface area contributed by atoms with Gasteiger partial charge in [0.1, 0.15) is 0 Å². The topological polar surface area (TPSA) is 64.6 Å². The van der Waals surface area contributed by atoms with E-state index in [1.807, 2.05) is 13.8 Å². The average Bonchev–Trinajstić information content (AvgIpc) is 2.38. The Morgan fingerprint density at radius 2 is 2.15 bits per heavy atom. The standard InChI is InChI=1S/C15H23NO4/c1-6-11-7-12(15(18)19-5)8-13(20-9(2)3)14(11)16-10(4)17/h6,8-9,11,13-14H,1,7H2,2-5H3,(H,16,17)/t11-,13+,14+/m0/s1. The summed E-state index contributed by atoms with van der Waals surface area (Å²) in [7, 11) is 1.35. The van der Waals surface area contributed by atoms with E-state index in [0.29, 0.717) is 12.0 Å². The first-order valence-electron chi connectivity index (χ1n) is 6.73.